The van der Waals surface area contributed by atoms with Crippen molar-refractivity contribution in [2.75, 3.05) is 27.4 Å². The van der Waals surface area contributed by atoms with Gasteiger partial charge in [-0.15, -0.1) is 0 Å². The van der Waals surface area contributed by atoms with E-state index in [9.17, 15) is 4.79 Å². The second-order valence-corrected chi connectivity index (χ2v) is 8.07. The summed E-state index contributed by atoms with van der Waals surface area (Å²) in [6.07, 6.45) is 1.84. The molecule has 2 aromatic rings. The maximum absolute atomic E-state index is 12.9. The summed E-state index contributed by atoms with van der Waals surface area (Å²) < 4.78 is 17.0. The second-order valence-electron chi connectivity index (χ2n) is 6.21. The Morgan fingerprint density at radius 1 is 1.10 bits per heavy atom. The Hall–Kier alpha value is -2.45. The lowest BCUT2D eigenvalue weighted by molar-refractivity contribution is -0.122. The number of thioether (sulfide) groups is 1. The van der Waals surface area contributed by atoms with Crippen LogP contribution in [-0.2, 0) is 4.79 Å². The molecule has 1 heterocycles. The summed E-state index contributed by atoms with van der Waals surface area (Å²) in [5, 5.41) is 0.646. The molecular formula is C22H23BrN2O4S. The smallest absolute Gasteiger partial charge is 0.266 e. The standard InChI is InChI=1S/C22H23BrN2O4S/c1-5-25-21(26)20(30-22(25)24-15-7-9-16(27-3)10-8-15)12-14-11-18(28-4)19(29-6-2)13-17(14)23/h7-13H,5-6H2,1-4H3/b20-12+,24-22?. The van der Waals surface area contributed by atoms with Crippen molar-refractivity contribution in [3.63, 3.8) is 0 Å². The van der Waals surface area contributed by atoms with Gasteiger partial charge in [-0.05, 0) is 73.6 Å². The van der Waals surface area contributed by atoms with Gasteiger partial charge in [-0.3, -0.25) is 9.69 Å². The molecule has 0 unspecified atom stereocenters. The van der Waals surface area contributed by atoms with Crippen LogP contribution in [0.15, 0.2) is 50.8 Å². The molecule has 0 spiro atoms. The van der Waals surface area contributed by atoms with Gasteiger partial charge in [0.2, 0.25) is 0 Å². The quantitative estimate of drug-likeness (QED) is 0.480. The number of carbonyl (C=O) groups is 1. The number of methoxy groups -OCH3 is 2. The van der Waals surface area contributed by atoms with Crippen LogP contribution in [0.1, 0.15) is 19.4 Å². The van der Waals surface area contributed by atoms with E-state index < -0.39 is 0 Å². The molecule has 8 heteroatoms. The number of carbonyl (C=O) groups excluding carboxylic acids is 1. The third-order valence-corrected chi connectivity index (χ3v) is 6.06. The highest BCUT2D eigenvalue weighted by atomic mass is 79.9. The summed E-state index contributed by atoms with van der Waals surface area (Å²) in [5.41, 5.74) is 1.59. The lowest BCUT2D eigenvalue weighted by Crippen LogP contribution is -2.28. The average molecular weight is 491 g/mol. The van der Waals surface area contributed by atoms with Gasteiger partial charge in [-0.2, -0.15) is 0 Å². The van der Waals surface area contributed by atoms with Gasteiger partial charge in [0.05, 0.1) is 31.4 Å². The van der Waals surface area contributed by atoms with Crippen molar-refractivity contribution in [2.24, 2.45) is 4.99 Å². The van der Waals surface area contributed by atoms with Crippen LogP contribution in [0.25, 0.3) is 6.08 Å². The first kappa shape index (κ1) is 22.2. The minimum absolute atomic E-state index is 0.0745. The van der Waals surface area contributed by atoms with Gasteiger partial charge in [-0.25, -0.2) is 4.99 Å². The zero-order valence-electron chi connectivity index (χ0n) is 17.3. The van der Waals surface area contributed by atoms with E-state index in [0.717, 1.165) is 21.5 Å². The average Bonchev–Trinajstić information content (AvgIpc) is 3.04. The van der Waals surface area contributed by atoms with Crippen molar-refractivity contribution in [1.82, 2.24) is 4.90 Å². The molecule has 0 aliphatic carbocycles. The Labute approximate surface area is 189 Å². The molecule has 1 saturated heterocycles. The third-order valence-electron chi connectivity index (χ3n) is 4.37. The first-order valence-corrected chi connectivity index (χ1v) is 11.1. The zero-order chi connectivity index (χ0) is 21.7. The Morgan fingerprint density at radius 2 is 1.83 bits per heavy atom. The van der Waals surface area contributed by atoms with Crippen molar-refractivity contribution >= 4 is 50.5 Å². The fourth-order valence-corrected chi connectivity index (χ4v) is 4.36. The third kappa shape index (κ3) is 4.82. The molecule has 2 aromatic carbocycles. The van der Waals surface area contributed by atoms with E-state index in [0.29, 0.717) is 34.7 Å². The van der Waals surface area contributed by atoms with E-state index in [1.165, 1.54) is 11.8 Å². The Bertz CT molecular complexity index is 989. The molecule has 0 saturated carbocycles. The van der Waals surface area contributed by atoms with Gasteiger partial charge < -0.3 is 14.2 Å². The number of hydrogen-bond donors (Lipinski definition) is 0. The molecule has 6 nitrogen and oxygen atoms in total. The van der Waals surface area contributed by atoms with Crippen LogP contribution in [-0.4, -0.2) is 43.3 Å². The van der Waals surface area contributed by atoms with E-state index in [2.05, 4.69) is 20.9 Å². The van der Waals surface area contributed by atoms with Crippen LogP contribution in [0.4, 0.5) is 5.69 Å². The number of amidine groups is 1. The second kappa shape index (κ2) is 10.0. The summed E-state index contributed by atoms with van der Waals surface area (Å²) in [4.78, 5) is 19.9. The summed E-state index contributed by atoms with van der Waals surface area (Å²) in [6.45, 7) is 4.92. The first-order valence-electron chi connectivity index (χ1n) is 9.45. The number of hydrogen-bond acceptors (Lipinski definition) is 6. The number of rotatable bonds is 7. The highest BCUT2D eigenvalue weighted by molar-refractivity contribution is 9.10. The molecule has 158 valence electrons. The van der Waals surface area contributed by atoms with Gasteiger partial charge in [0.1, 0.15) is 5.75 Å². The molecule has 1 fully saturated rings. The Morgan fingerprint density at radius 3 is 2.43 bits per heavy atom. The van der Waals surface area contributed by atoms with Gasteiger partial charge in [0.15, 0.2) is 16.7 Å². The molecule has 30 heavy (non-hydrogen) atoms. The van der Waals surface area contributed by atoms with Crippen molar-refractivity contribution in [3.05, 3.63) is 51.3 Å². The molecule has 1 aliphatic rings. The zero-order valence-corrected chi connectivity index (χ0v) is 19.7. The van der Waals surface area contributed by atoms with E-state index in [4.69, 9.17) is 14.2 Å². The summed E-state index contributed by atoms with van der Waals surface area (Å²) >= 11 is 4.92. The molecular weight excluding hydrogens is 468 g/mol. The van der Waals surface area contributed by atoms with Crippen LogP contribution in [0.2, 0.25) is 0 Å². The maximum atomic E-state index is 12.9. The molecule has 0 bridgehead atoms. The Kier molecular flexibility index (Phi) is 7.44. The normalized spacial score (nSPS) is 16.4. The number of ether oxygens (including phenoxy) is 3. The van der Waals surface area contributed by atoms with Gasteiger partial charge in [0.25, 0.3) is 5.91 Å². The van der Waals surface area contributed by atoms with E-state index >= 15 is 0 Å². The van der Waals surface area contributed by atoms with Crippen LogP contribution in [0.5, 0.6) is 17.2 Å². The number of aliphatic imine (C=N–C) groups is 1. The van der Waals surface area contributed by atoms with Crippen molar-refractivity contribution in [1.29, 1.82) is 0 Å². The van der Waals surface area contributed by atoms with Crippen LogP contribution < -0.4 is 14.2 Å². The number of nitrogens with zero attached hydrogens (tertiary/aromatic N) is 2. The summed E-state index contributed by atoms with van der Waals surface area (Å²) in [7, 11) is 3.22. The topological polar surface area (TPSA) is 60.4 Å². The SMILES string of the molecule is CCOc1cc(Br)c(/C=C2/SC(=Nc3ccc(OC)cc3)N(CC)C2=O)cc1OC. The van der Waals surface area contributed by atoms with Gasteiger partial charge in [-0.1, -0.05) is 15.9 Å². The van der Waals surface area contributed by atoms with Crippen molar-refractivity contribution in [3.8, 4) is 17.2 Å². The minimum atomic E-state index is -0.0745. The molecule has 0 atom stereocenters. The molecule has 0 N–H and O–H groups in total. The number of amides is 1. The van der Waals surface area contributed by atoms with E-state index in [1.54, 1.807) is 19.1 Å². The van der Waals surface area contributed by atoms with Crippen LogP contribution >= 0.6 is 27.7 Å². The maximum Gasteiger partial charge on any atom is 0.266 e. The number of halogens is 1. The van der Waals surface area contributed by atoms with Crippen LogP contribution in [0.3, 0.4) is 0 Å². The fraction of sp³-hybridized carbons (Fsp3) is 0.273. The largest absolute Gasteiger partial charge is 0.497 e. The monoisotopic (exact) mass is 490 g/mol. The lowest BCUT2D eigenvalue weighted by Gasteiger charge is -2.12. The van der Waals surface area contributed by atoms with E-state index in [1.807, 2.05) is 56.3 Å². The highest BCUT2D eigenvalue weighted by Crippen LogP contribution is 2.38. The molecule has 0 aromatic heterocycles. The first-order chi connectivity index (χ1) is 14.5. The highest BCUT2D eigenvalue weighted by Gasteiger charge is 2.32. The predicted molar refractivity (Wildman–Crippen MR) is 125 cm³/mol. The Balaban J connectivity index is 1.94. The van der Waals surface area contributed by atoms with Gasteiger partial charge >= 0.3 is 0 Å². The molecule has 1 amide bonds. The van der Waals surface area contributed by atoms with E-state index in [-0.39, 0.29) is 5.91 Å². The number of benzene rings is 2. The van der Waals surface area contributed by atoms with Crippen molar-refractivity contribution < 1.29 is 19.0 Å². The minimum Gasteiger partial charge on any atom is -0.497 e. The fourth-order valence-electron chi connectivity index (χ4n) is 2.87. The molecule has 1 aliphatic heterocycles. The predicted octanol–water partition coefficient (Wildman–Crippen LogP) is 5.49. The molecule has 3 rings (SSSR count). The summed E-state index contributed by atoms with van der Waals surface area (Å²) in [6, 6.07) is 11.1. The van der Waals surface area contributed by atoms with Crippen molar-refractivity contribution in [2.45, 2.75) is 13.8 Å². The lowest BCUT2D eigenvalue weighted by atomic mass is 10.2. The van der Waals surface area contributed by atoms with Crippen LogP contribution in [0, 0.1) is 0 Å². The number of likely N-dealkylation sites (N-methyl/N-ethyl adjacent to an activating group) is 1. The molecule has 0 radical (unpaired) electrons. The summed E-state index contributed by atoms with van der Waals surface area (Å²) in [5.74, 6) is 1.95. The van der Waals surface area contributed by atoms with Gasteiger partial charge in [0, 0.05) is 11.0 Å².